The molecule has 0 saturated heterocycles. The molecule has 0 aromatic heterocycles. The van der Waals surface area contributed by atoms with E-state index in [-0.39, 0.29) is 51.2 Å². The van der Waals surface area contributed by atoms with Crippen LogP contribution in [0.4, 0.5) is 50.4 Å². The molecule has 0 aliphatic heterocycles. The molecule has 12 aliphatic carbocycles. The Morgan fingerprint density at radius 2 is 0.214 bits per heavy atom. The average Bonchev–Trinajstić information content (AvgIpc) is 0.787. The molecule has 12 fully saturated rings. The van der Waals surface area contributed by atoms with E-state index in [0.717, 1.165) is 0 Å². The molecule has 0 amide bonds. The quantitative estimate of drug-likeness (QED) is 0.0729. The normalized spacial score (nSPS) is 26.6. The van der Waals surface area contributed by atoms with Gasteiger partial charge >= 0.3 is 100 Å². The number of hydrogen-bond donors (Lipinski definition) is 0. The van der Waals surface area contributed by atoms with Crippen molar-refractivity contribution in [3.8, 4) is 0 Å². The second-order valence-electron chi connectivity index (χ2n) is 32.9. The Hall–Kier alpha value is 4.16. The van der Waals surface area contributed by atoms with Gasteiger partial charge in [-0.1, -0.05) is 279 Å². The van der Waals surface area contributed by atoms with E-state index < -0.39 is 15.6 Å². The molecular formula is C75H138Cu3F12P8. The molecule has 98 heavy (non-hydrogen) atoms. The van der Waals surface area contributed by atoms with Crippen LogP contribution in [0.15, 0.2) is 0 Å². The SMILES string of the molecule is C1CCC(P(CP(C2CCCCC2)C2CCCCC2)C2CCCCC2)CC1.C1CCC(P(CP(C2CCCCC2)C2CCCCC2)C2CCCCC2)CC1.C1CCC(P(CP(C2CCCCC2)C2CCCCC2)C2CCCCC2)CC1.F[P-](F)(F)(F)(F)F.F[P-](F)(F)(F)(F)F.[Cu+].[Cu+].[Cu]. The Balaban J connectivity index is 0.000000238. The van der Waals surface area contributed by atoms with E-state index in [0.29, 0.717) is 47.5 Å². The van der Waals surface area contributed by atoms with Gasteiger partial charge in [0, 0.05) is 17.1 Å². The topological polar surface area (TPSA) is 0 Å². The molecule has 1 radical (unpaired) electrons. The fourth-order valence-electron chi connectivity index (χ4n) is 20.7. The standard InChI is InChI=1S/3C25H46P2.3Cu.2F6P/c3*1-5-13-22(14-6-1)26(23-15-7-2-8-16-23)21-27(24-17-9-3-10-18-24)25-19-11-4-12-20-25;;;;2*1-7(2,3,4,5)6/h3*22-25H,1-21H2;;;;;/q;;;;2*+1;2*-1. The van der Waals surface area contributed by atoms with Crippen LogP contribution >= 0.6 is 63.1 Å². The van der Waals surface area contributed by atoms with E-state index in [2.05, 4.69) is 0 Å². The third kappa shape index (κ3) is 38.4. The summed E-state index contributed by atoms with van der Waals surface area (Å²) < 4.78 is 118. The molecule has 12 aliphatic rings. The first-order valence-electron chi connectivity index (χ1n) is 40.8. The summed E-state index contributed by atoms with van der Waals surface area (Å²) in [6, 6.07) is 0. The van der Waals surface area contributed by atoms with Crippen molar-refractivity contribution in [2.45, 2.75) is 453 Å². The molecule has 0 unspecified atom stereocenters. The van der Waals surface area contributed by atoms with Crippen molar-refractivity contribution >= 4 is 63.1 Å². The van der Waals surface area contributed by atoms with Crippen LogP contribution in [0.1, 0.15) is 385 Å². The van der Waals surface area contributed by atoms with Gasteiger partial charge in [-0.2, -0.15) is 0 Å². The summed E-state index contributed by atoms with van der Waals surface area (Å²) in [5.74, 6) is 5.36. The van der Waals surface area contributed by atoms with Crippen molar-refractivity contribution in [3.63, 3.8) is 0 Å². The fraction of sp³-hybridized carbons (Fsp3) is 1.00. The van der Waals surface area contributed by atoms with Gasteiger partial charge in [0.05, 0.1) is 0 Å². The Morgan fingerprint density at radius 3 is 0.276 bits per heavy atom. The van der Waals surface area contributed by atoms with Crippen LogP contribution in [-0.2, 0) is 51.2 Å². The van der Waals surface area contributed by atoms with Crippen LogP contribution in [0.5, 0.6) is 0 Å². The van der Waals surface area contributed by atoms with Crippen molar-refractivity contribution in [1.29, 1.82) is 0 Å². The summed E-state index contributed by atoms with van der Waals surface area (Å²) in [5.41, 5.74) is 14.3. The van der Waals surface area contributed by atoms with Crippen LogP contribution in [0.2, 0.25) is 0 Å². The van der Waals surface area contributed by atoms with Gasteiger partial charge in [0.1, 0.15) is 0 Å². The van der Waals surface area contributed by atoms with Crippen molar-refractivity contribution in [1.82, 2.24) is 0 Å². The van der Waals surface area contributed by atoms with Gasteiger partial charge in [-0.25, -0.2) is 0 Å². The number of halogens is 12. The maximum absolute atomic E-state index is 10.7. The van der Waals surface area contributed by atoms with Crippen molar-refractivity contribution in [3.05, 3.63) is 0 Å². The van der Waals surface area contributed by atoms with Crippen LogP contribution in [-0.4, -0.2) is 85.6 Å². The zero-order valence-corrected chi connectivity index (χ0v) is 70.5. The molecule has 12 rings (SSSR count). The molecule has 0 spiro atoms. The van der Waals surface area contributed by atoms with Gasteiger partial charge < -0.3 is 0 Å². The van der Waals surface area contributed by atoms with Crippen LogP contribution < -0.4 is 0 Å². The van der Waals surface area contributed by atoms with Crippen LogP contribution in [0.25, 0.3) is 0 Å². The monoisotopic (exact) mass is 1700 g/mol. The molecule has 0 aromatic carbocycles. The summed E-state index contributed by atoms with van der Waals surface area (Å²) in [7, 11) is -19.3. The van der Waals surface area contributed by atoms with Gasteiger partial charge in [0.2, 0.25) is 0 Å². The minimum atomic E-state index is -10.7. The first kappa shape index (κ1) is 92.8. The molecule has 0 heterocycles. The number of hydrogen-bond acceptors (Lipinski definition) is 0. The molecule has 0 bridgehead atoms. The van der Waals surface area contributed by atoms with E-state index in [4.69, 9.17) is 0 Å². The predicted octanol–water partition coefficient (Wildman–Crippen LogP) is 34.5. The van der Waals surface area contributed by atoms with Gasteiger partial charge in [-0.05, 0) is 240 Å². The Kier molecular flexibility index (Phi) is 42.0. The molecule has 0 nitrogen and oxygen atoms in total. The first-order valence-corrected chi connectivity index (χ1v) is 54.9. The Labute approximate surface area is 630 Å². The molecule has 0 atom stereocenters. The third-order valence-corrected chi connectivity index (χ3v) is 50.8. The first-order chi connectivity index (χ1) is 45.1. The smallest absolute Gasteiger partial charge is 0 e. The second kappa shape index (κ2) is 44.4. The molecule has 0 aromatic rings. The minimum Gasteiger partial charge on any atom is 0 e. The van der Waals surface area contributed by atoms with E-state index in [1.54, 1.807) is 403 Å². The van der Waals surface area contributed by atoms with Crippen molar-refractivity contribution < 1.29 is 102 Å². The summed E-state index contributed by atoms with van der Waals surface area (Å²) in [5, 5.41) is 0. The van der Waals surface area contributed by atoms with Gasteiger partial charge in [-0.15, -0.1) is 0 Å². The van der Waals surface area contributed by atoms with E-state index in [1.165, 1.54) is 67.9 Å². The molecule has 12 saturated carbocycles. The molecule has 0 N–H and O–H groups in total. The molecule has 595 valence electrons. The molecular weight excluding hydrogens is 1570 g/mol. The zero-order valence-electron chi connectivity index (χ0n) is 60.5. The maximum atomic E-state index is 9.87. The second-order valence-corrected chi connectivity index (χ2v) is 55.1. The Morgan fingerprint density at radius 1 is 0.153 bits per heavy atom. The average molecular weight is 1710 g/mol. The van der Waals surface area contributed by atoms with Crippen molar-refractivity contribution in [2.75, 3.05) is 17.7 Å². The summed E-state index contributed by atoms with van der Waals surface area (Å²) >= 11 is 0. The van der Waals surface area contributed by atoms with Crippen LogP contribution in [0, 0.1) is 0 Å². The zero-order chi connectivity index (χ0) is 67.8. The largest absolute Gasteiger partial charge is 1.00 e. The molecule has 23 heteroatoms. The third-order valence-electron chi connectivity index (χ3n) is 25.5. The summed E-state index contributed by atoms with van der Waals surface area (Å²) in [6.07, 6.45) is 95.3. The maximum Gasteiger partial charge on any atom is 1.00 e. The number of rotatable bonds is 18. The van der Waals surface area contributed by atoms with Crippen LogP contribution in [0.3, 0.4) is 0 Å². The summed E-state index contributed by atoms with van der Waals surface area (Å²) in [6.45, 7) is 0. The van der Waals surface area contributed by atoms with Gasteiger partial charge in [-0.3, -0.25) is 0 Å². The van der Waals surface area contributed by atoms with E-state index >= 15 is 0 Å². The minimum absolute atomic E-state index is 0. The Bertz CT molecular complexity index is 1600. The van der Waals surface area contributed by atoms with Crippen molar-refractivity contribution in [2.24, 2.45) is 0 Å². The van der Waals surface area contributed by atoms with Gasteiger partial charge in [0.15, 0.2) is 0 Å². The predicted molar refractivity (Wildman–Crippen MR) is 406 cm³/mol. The summed E-state index contributed by atoms with van der Waals surface area (Å²) in [4.78, 5) is 0. The van der Waals surface area contributed by atoms with Gasteiger partial charge in [0.25, 0.3) is 0 Å². The van der Waals surface area contributed by atoms with E-state index in [1.807, 2.05) is 0 Å². The van der Waals surface area contributed by atoms with E-state index in [9.17, 15) is 50.4 Å². The fourth-order valence-corrected chi connectivity index (χ4v) is 52.2.